The number of carbonyl (C=O) groups excluding carboxylic acids is 1. The highest BCUT2D eigenvalue weighted by molar-refractivity contribution is 6.27. The Morgan fingerprint density at radius 2 is 2.23 bits per heavy atom. The predicted octanol–water partition coefficient (Wildman–Crippen LogP) is 0.962. The maximum absolute atomic E-state index is 10.6. The van der Waals surface area contributed by atoms with Crippen molar-refractivity contribution in [2.24, 2.45) is 0 Å². The van der Waals surface area contributed by atoms with Crippen LogP contribution in [0.5, 0.6) is 0 Å². The number of carbonyl (C=O) groups is 1. The number of rotatable bonds is 6. The number of ether oxygens (including phenoxy) is 1. The predicted molar refractivity (Wildman–Crippen MR) is 55.2 cm³/mol. The van der Waals surface area contributed by atoms with Gasteiger partial charge in [-0.1, -0.05) is 13.5 Å². The summed E-state index contributed by atoms with van der Waals surface area (Å²) in [5.41, 5.74) is -0.0766. The van der Waals surface area contributed by atoms with E-state index in [4.69, 9.17) is 9.16 Å². The van der Waals surface area contributed by atoms with Gasteiger partial charge >= 0.3 is 5.97 Å². The molecule has 0 saturated carbocycles. The van der Waals surface area contributed by atoms with Gasteiger partial charge in [0.05, 0.1) is 0 Å². The second-order valence-electron chi connectivity index (χ2n) is 3.33. The van der Waals surface area contributed by atoms with Crippen molar-refractivity contribution in [2.45, 2.75) is 32.8 Å². The normalized spacial score (nSPS) is 11.9. The zero-order valence-corrected chi connectivity index (χ0v) is 10.0. The monoisotopic (exact) mass is 202 g/mol. The molecule has 0 spiro atoms. The third-order valence-electron chi connectivity index (χ3n) is 1.84. The van der Waals surface area contributed by atoms with E-state index in [2.05, 4.69) is 13.5 Å². The van der Waals surface area contributed by atoms with Crippen LogP contribution < -0.4 is 0 Å². The molecule has 0 aliphatic rings. The minimum absolute atomic E-state index is 0.0766. The van der Waals surface area contributed by atoms with Gasteiger partial charge in [0, 0.05) is 11.7 Å². The zero-order chi connectivity index (χ0) is 10.3. The molecule has 0 bridgehead atoms. The van der Waals surface area contributed by atoms with Crippen molar-refractivity contribution < 1.29 is 14.0 Å². The second kappa shape index (κ2) is 5.94. The van der Waals surface area contributed by atoms with E-state index in [0.29, 0.717) is 6.23 Å². The highest BCUT2D eigenvalue weighted by atomic mass is 28.2. The van der Waals surface area contributed by atoms with E-state index >= 15 is 0 Å². The van der Waals surface area contributed by atoms with Gasteiger partial charge in [0.25, 0.3) is 0 Å². The number of esters is 1. The SMILES string of the molecule is C=CC(=O)OC[SiH2]OC(C)(C)CC. The van der Waals surface area contributed by atoms with Gasteiger partial charge in [-0.2, -0.15) is 0 Å². The summed E-state index contributed by atoms with van der Waals surface area (Å²) in [4.78, 5) is 10.6. The van der Waals surface area contributed by atoms with Crippen LogP contribution in [-0.4, -0.2) is 27.6 Å². The highest BCUT2D eigenvalue weighted by Gasteiger charge is 2.14. The van der Waals surface area contributed by atoms with Crippen LogP contribution in [-0.2, 0) is 14.0 Å². The first-order chi connectivity index (χ1) is 6.02. The Hall–Kier alpha value is -0.613. The van der Waals surface area contributed by atoms with Crippen molar-refractivity contribution in [2.75, 3.05) is 6.23 Å². The van der Waals surface area contributed by atoms with Crippen molar-refractivity contribution in [1.82, 2.24) is 0 Å². The lowest BCUT2D eigenvalue weighted by atomic mass is 10.1. The Labute approximate surface area is 82.1 Å². The summed E-state index contributed by atoms with van der Waals surface area (Å²) >= 11 is 0. The molecule has 0 aromatic heterocycles. The van der Waals surface area contributed by atoms with Crippen LogP contribution in [0, 0.1) is 0 Å². The summed E-state index contributed by atoms with van der Waals surface area (Å²) in [5.74, 6) is -0.370. The number of hydrogen-bond acceptors (Lipinski definition) is 3. The molecule has 0 aliphatic carbocycles. The van der Waals surface area contributed by atoms with Crippen molar-refractivity contribution in [1.29, 1.82) is 0 Å². The molecule has 0 amide bonds. The highest BCUT2D eigenvalue weighted by Crippen LogP contribution is 2.11. The third kappa shape index (κ3) is 6.54. The van der Waals surface area contributed by atoms with Crippen LogP contribution in [0.15, 0.2) is 12.7 Å². The van der Waals surface area contributed by atoms with Crippen molar-refractivity contribution in [3.8, 4) is 0 Å². The largest absolute Gasteiger partial charge is 0.464 e. The Morgan fingerprint density at radius 1 is 1.62 bits per heavy atom. The molecular weight excluding hydrogens is 184 g/mol. The van der Waals surface area contributed by atoms with Gasteiger partial charge in [-0.3, -0.25) is 0 Å². The maximum atomic E-state index is 10.6. The van der Waals surface area contributed by atoms with Crippen LogP contribution in [0.1, 0.15) is 27.2 Å². The molecule has 0 N–H and O–H groups in total. The van der Waals surface area contributed by atoms with Gasteiger partial charge in [0.1, 0.15) is 6.23 Å². The number of hydrogen-bond donors (Lipinski definition) is 0. The summed E-state index contributed by atoms with van der Waals surface area (Å²) in [6.45, 7) is 9.45. The lowest BCUT2D eigenvalue weighted by molar-refractivity contribution is -0.136. The van der Waals surface area contributed by atoms with E-state index < -0.39 is 9.76 Å². The minimum Gasteiger partial charge on any atom is -0.464 e. The molecule has 0 saturated heterocycles. The molecule has 0 aliphatic heterocycles. The maximum Gasteiger partial charge on any atom is 0.329 e. The summed E-state index contributed by atoms with van der Waals surface area (Å²) in [6.07, 6.45) is 2.56. The lowest BCUT2D eigenvalue weighted by Crippen LogP contribution is -2.27. The van der Waals surface area contributed by atoms with E-state index in [9.17, 15) is 4.79 Å². The molecule has 76 valence electrons. The Morgan fingerprint density at radius 3 is 2.69 bits per heavy atom. The quantitative estimate of drug-likeness (QED) is 0.278. The van der Waals surface area contributed by atoms with Gasteiger partial charge in [-0.05, 0) is 20.3 Å². The molecule has 4 heteroatoms. The topological polar surface area (TPSA) is 35.5 Å². The fourth-order valence-corrected chi connectivity index (χ4v) is 1.75. The van der Waals surface area contributed by atoms with Gasteiger partial charge in [-0.25, -0.2) is 4.79 Å². The molecule has 0 heterocycles. The Kier molecular flexibility index (Phi) is 5.66. The van der Waals surface area contributed by atoms with Crippen LogP contribution >= 0.6 is 0 Å². The average Bonchev–Trinajstić information content (AvgIpc) is 2.12. The van der Waals surface area contributed by atoms with Gasteiger partial charge in [0.2, 0.25) is 9.76 Å². The van der Waals surface area contributed by atoms with E-state index in [-0.39, 0.29) is 11.6 Å². The first-order valence-corrected chi connectivity index (χ1v) is 6.02. The smallest absolute Gasteiger partial charge is 0.329 e. The molecule has 0 aromatic carbocycles. The second-order valence-corrected chi connectivity index (χ2v) is 4.44. The molecule has 0 rings (SSSR count). The zero-order valence-electron chi connectivity index (χ0n) is 8.63. The molecule has 13 heavy (non-hydrogen) atoms. The van der Waals surface area contributed by atoms with Crippen molar-refractivity contribution >= 4 is 15.7 Å². The standard InChI is InChI=1S/C9H18O3Si/c1-5-8(10)11-7-13-12-9(3,4)6-2/h5H,1,6-7,13H2,2-4H3. The summed E-state index contributed by atoms with van der Waals surface area (Å²) in [7, 11) is -0.747. The van der Waals surface area contributed by atoms with Crippen molar-refractivity contribution in [3.05, 3.63) is 12.7 Å². The summed E-state index contributed by atoms with van der Waals surface area (Å²) < 4.78 is 10.4. The fraction of sp³-hybridized carbons (Fsp3) is 0.667. The molecule has 0 atom stereocenters. The molecule has 0 radical (unpaired) electrons. The third-order valence-corrected chi connectivity index (χ3v) is 3.19. The summed E-state index contributed by atoms with van der Waals surface area (Å²) in [6, 6.07) is 0. The van der Waals surface area contributed by atoms with Crippen LogP contribution in [0.25, 0.3) is 0 Å². The molecule has 3 nitrogen and oxygen atoms in total. The van der Waals surface area contributed by atoms with Crippen molar-refractivity contribution in [3.63, 3.8) is 0 Å². The lowest BCUT2D eigenvalue weighted by Gasteiger charge is -2.23. The van der Waals surface area contributed by atoms with Crippen LogP contribution in [0.2, 0.25) is 0 Å². The minimum atomic E-state index is -0.747. The van der Waals surface area contributed by atoms with Crippen LogP contribution in [0.3, 0.4) is 0 Å². The molecule has 0 aromatic rings. The van der Waals surface area contributed by atoms with E-state index in [1.807, 2.05) is 13.8 Å². The van der Waals surface area contributed by atoms with E-state index in [1.165, 1.54) is 6.08 Å². The fourth-order valence-electron chi connectivity index (χ4n) is 0.621. The molecular formula is C9H18O3Si. The molecule has 0 unspecified atom stereocenters. The first-order valence-electron chi connectivity index (χ1n) is 4.45. The van der Waals surface area contributed by atoms with Gasteiger partial charge in [-0.15, -0.1) is 0 Å². The summed E-state index contributed by atoms with van der Waals surface area (Å²) in [5, 5.41) is 0. The van der Waals surface area contributed by atoms with Gasteiger partial charge in [0.15, 0.2) is 0 Å². The Balaban J connectivity index is 3.46. The first kappa shape index (κ1) is 12.4. The van der Waals surface area contributed by atoms with E-state index in [0.717, 1.165) is 6.42 Å². The Bertz CT molecular complexity index is 178. The average molecular weight is 202 g/mol. The van der Waals surface area contributed by atoms with Crippen LogP contribution in [0.4, 0.5) is 0 Å². The molecule has 0 fully saturated rings. The van der Waals surface area contributed by atoms with Gasteiger partial charge < -0.3 is 9.16 Å². The van der Waals surface area contributed by atoms with E-state index in [1.54, 1.807) is 0 Å².